The van der Waals surface area contributed by atoms with Gasteiger partial charge in [-0.1, -0.05) is 6.92 Å². The highest BCUT2D eigenvalue weighted by Crippen LogP contribution is 2.24. The summed E-state index contributed by atoms with van der Waals surface area (Å²) in [6.45, 7) is 3.77. The fourth-order valence-corrected chi connectivity index (χ4v) is 1.41. The zero-order chi connectivity index (χ0) is 9.14. The summed E-state index contributed by atoms with van der Waals surface area (Å²) in [5.41, 5.74) is 0.430. The van der Waals surface area contributed by atoms with E-state index in [1.165, 1.54) is 0 Å². The van der Waals surface area contributed by atoms with Gasteiger partial charge >= 0.3 is 5.97 Å². The number of hydrogen-bond donors (Lipinski definition) is 1. The fraction of sp³-hybridized carbons (Fsp3) is 0.667. The lowest BCUT2D eigenvalue weighted by atomic mass is 10.0. The molecule has 0 aromatic rings. The monoisotopic (exact) mass is 170 g/mol. The molecule has 1 unspecified atom stereocenters. The minimum Gasteiger partial charge on any atom is -0.495 e. The van der Waals surface area contributed by atoms with Crippen molar-refractivity contribution in [3.63, 3.8) is 0 Å². The van der Waals surface area contributed by atoms with Crippen LogP contribution in [0.5, 0.6) is 0 Å². The Labute approximate surface area is 72.0 Å². The second-order valence-corrected chi connectivity index (χ2v) is 3.03. The van der Waals surface area contributed by atoms with E-state index in [2.05, 4.69) is 0 Å². The molecule has 1 aliphatic heterocycles. The summed E-state index contributed by atoms with van der Waals surface area (Å²) in [5, 5.41) is 8.73. The molecule has 1 atom stereocenters. The molecular formula is C9H14O3. The minimum atomic E-state index is -0.845. The van der Waals surface area contributed by atoms with Gasteiger partial charge in [0.2, 0.25) is 0 Å². The maximum Gasteiger partial charge on any atom is 0.334 e. The van der Waals surface area contributed by atoms with Gasteiger partial charge in [-0.05, 0) is 26.2 Å². The van der Waals surface area contributed by atoms with E-state index in [4.69, 9.17) is 9.84 Å². The molecule has 1 N–H and O–H groups in total. The lowest BCUT2D eigenvalue weighted by Gasteiger charge is -2.24. The third-order valence-corrected chi connectivity index (χ3v) is 2.20. The Balaban J connectivity index is 2.71. The first-order valence-corrected chi connectivity index (χ1v) is 4.24. The van der Waals surface area contributed by atoms with Crippen LogP contribution in [0.15, 0.2) is 11.3 Å². The Morgan fingerprint density at radius 1 is 1.75 bits per heavy atom. The number of carbonyl (C=O) groups is 1. The molecule has 12 heavy (non-hydrogen) atoms. The first kappa shape index (κ1) is 9.10. The van der Waals surface area contributed by atoms with E-state index in [-0.39, 0.29) is 6.10 Å². The number of carboxylic acid groups (broad SMARTS) is 1. The van der Waals surface area contributed by atoms with Crippen LogP contribution in [0.2, 0.25) is 0 Å². The molecule has 1 heterocycles. The molecule has 0 amide bonds. The standard InChI is InChI=1S/C9H14O3/c1-3-7-4-5-8(9(10)11)6(2)12-7/h7H,3-5H2,1-2H3,(H,10,11). The molecular weight excluding hydrogens is 156 g/mol. The molecule has 0 aliphatic carbocycles. The van der Waals surface area contributed by atoms with Crippen molar-refractivity contribution in [3.8, 4) is 0 Å². The lowest BCUT2D eigenvalue weighted by Crippen LogP contribution is -2.20. The van der Waals surface area contributed by atoms with Crippen LogP contribution in [0.1, 0.15) is 33.1 Å². The van der Waals surface area contributed by atoms with E-state index in [0.717, 1.165) is 12.8 Å². The molecule has 1 rings (SSSR count). The van der Waals surface area contributed by atoms with Crippen LogP contribution in [0, 0.1) is 0 Å². The summed E-state index contributed by atoms with van der Waals surface area (Å²) in [7, 11) is 0. The summed E-state index contributed by atoms with van der Waals surface area (Å²) >= 11 is 0. The second-order valence-electron chi connectivity index (χ2n) is 3.03. The van der Waals surface area contributed by atoms with Crippen molar-refractivity contribution in [2.24, 2.45) is 0 Å². The van der Waals surface area contributed by atoms with Gasteiger partial charge in [-0.25, -0.2) is 4.79 Å². The van der Waals surface area contributed by atoms with Crippen LogP contribution in [0.4, 0.5) is 0 Å². The molecule has 0 spiro atoms. The van der Waals surface area contributed by atoms with E-state index in [1.807, 2.05) is 6.92 Å². The highest BCUT2D eigenvalue weighted by Gasteiger charge is 2.22. The second kappa shape index (κ2) is 3.61. The van der Waals surface area contributed by atoms with Crippen molar-refractivity contribution in [1.82, 2.24) is 0 Å². The van der Waals surface area contributed by atoms with Crippen molar-refractivity contribution in [2.45, 2.75) is 39.2 Å². The maximum absolute atomic E-state index is 10.6. The highest BCUT2D eigenvalue weighted by molar-refractivity contribution is 5.87. The van der Waals surface area contributed by atoms with Crippen LogP contribution < -0.4 is 0 Å². The van der Waals surface area contributed by atoms with Gasteiger partial charge in [0.15, 0.2) is 0 Å². The Morgan fingerprint density at radius 2 is 2.42 bits per heavy atom. The van der Waals surface area contributed by atoms with Gasteiger partial charge in [0, 0.05) is 0 Å². The normalized spacial score (nSPS) is 23.7. The molecule has 68 valence electrons. The SMILES string of the molecule is CCC1CCC(C(=O)O)=C(C)O1. The van der Waals surface area contributed by atoms with Crippen molar-refractivity contribution in [2.75, 3.05) is 0 Å². The zero-order valence-corrected chi connectivity index (χ0v) is 7.46. The van der Waals surface area contributed by atoms with E-state index in [0.29, 0.717) is 17.8 Å². The van der Waals surface area contributed by atoms with E-state index < -0.39 is 5.97 Å². The van der Waals surface area contributed by atoms with Gasteiger partial charge in [0.1, 0.15) is 5.76 Å². The van der Waals surface area contributed by atoms with Crippen LogP contribution in [0.25, 0.3) is 0 Å². The molecule has 3 nitrogen and oxygen atoms in total. The molecule has 1 aliphatic rings. The molecule has 0 aromatic heterocycles. The van der Waals surface area contributed by atoms with Crippen LogP contribution in [-0.4, -0.2) is 17.2 Å². The van der Waals surface area contributed by atoms with Gasteiger partial charge in [-0.2, -0.15) is 0 Å². The summed E-state index contributed by atoms with van der Waals surface area (Å²) in [6.07, 6.45) is 2.63. The third kappa shape index (κ3) is 1.78. The van der Waals surface area contributed by atoms with E-state index in [1.54, 1.807) is 6.92 Å². The first-order chi connectivity index (χ1) is 5.65. The number of carboxylic acids is 1. The number of ether oxygens (including phenoxy) is 1. The van der Waals surface area contributed by atoms with Gasteiger partial charge < -0.3 is 9.84 Å². The Morgan fingerprint density at radius 3 is 2.83 bits per heavy atom. The number of rotatable bonds is 2. The van der Waals surface area contributed by atoms with Gasteiger partial charge in [-0.3, -0.25) is 0 Å². The minimum absolute atomic E-state index is 0.216. The molecule has 0 saturated heterocycles. The van der Waals surface area contributed by atoms with Gasteiger partial charge in [-0.15, -0.1) is 0 Å². The summed E-state index contributed by atoms with van der Waals surface area (Å²) < 4.78 is 5.41. The topological polar surface area (TPSA) is 46.5 Å². The lowest BCUT2D eigenvalue weighted by molar-refractivity contribution is -0.133. The zero-order valence-electron chi connectivity index (χ0n) is 7.46. The van der Waals surface area contributed by atoms with Crippen molar-refractivity contribution in [1.29, 1.82) is 0 Å². The molecule has 0 fully saturated rings. The quantitative estimate of drug-likeness (QED) is 0.688. The Hall–Kier alpha value is -0.990. The molecule has 0 radical (unpaired) electrons. The Bertz CT molecular complexity index is 218. The predicted molar refractivity (Wildman–Crippen MR) is 44.7 cm³/mol. The molecule has 3 heteroatoms. The summed E-state index contributed by atoms with van der Waals surface area (Å²) in [4.78, 5) is 10.6. The predicted octanol–water partition coefficient (Wildman–Crippen LogP) is 1.93. The van der Waals surface area contributed by atoms with Crippen molar-refractivity contribution in [3.05, 3.63) is 11.3 Å². The number of aliphatic carboxylic acids is 1. The average Bonchev–Trinajstić information content (AvgIpc) is 2.03. The number of hydrogen-bond acceptors (Lipinski definition) is 2. The molecule has 0 saturated carbocycles. The maximum atomic E-state index is 10.6. The van der Waals surface area contributed by atoms with Crippen LogP contribution >= 0.6 is 0 Å². The van der Waals surface area contributed by atoms with Crippen molar-refractivity contribution < 1.29 is 14.6 Å². The van der Waals surface area contributed by atoms with Crippen LogP contribution in [0.3, 0.4) is 0 Å². The summed E-state index contributed by atoms with van der Waals surface area (Å²) in [6, 6.07) is 0. The summed E-state index contributed by atoms with van der Waals surface area (Å²) in [5.74, 6) is -0.261. The highest BCUT2D eigenvalue weighted by atomic mass is 16.5. The van der Waals surface area contributed by atoms with E-state index in [9.17, 15) is 4.79 Å². The first-order valence-electron chi connectivity index (χ1n) is 4.24. The van der Waals surface area contributed by atoms with E-state index >= 15 is 0 Å². The third-order valence-electron chi connectivity index (χ3n) is 2.20. The Kier molecular flexibility index (Phi) is 2.74. The average molecular weight is 170 g/mol. The number of allylic oxidation sites excluding steroid dienone is 1. The van der Waals surface area contributed by atoms with Crippen molar-refractivity contribution >= 4 is 5.97 Å². The van der Waals surface area contributed by atoms with Crippen LogP contribution in [-0.2, 0) is 9.53 Å². The smallest absolute Gasteiger partial charge is 0.334 e. The molecule has 0 bridgehead atoms. The largest absolute Gasteiger partial charge is 0.495 e. The fourth-order valence-electron chi connectivity index (χ4n) is 1.41. The van der Waals surface area contributed by atoms with Gasteiger partial charge in [0.05, 0.1) is 11.7 Å². The van der Waals surface area contributed by atoms with Gasteiger partial charge in [0.25, 0.3) is 0 Å². The molecule has 0 aromatic carbocycles.